The van der Waals surface area contributed by atoms with E-state index in [1.54, 1.807) is 30.3 Å². The molecule has 134 valence electrons. The first kappa shape index (κ1) is 18.4. The van der Waals surface area contributed by atoms with E-state index in [1.807, 2.05) is 39.0 Å². The second kappa shape index (κ2) is 7.05. The first-order valence-electron chi connectivity index (χ1n) is 8.07. The van der Waals surface area contributed by atoms with Crippen LogP contribution in [-0.2, 0) is 9.84 Å². The minimum absolute atomic E-state index is 0.159. The van der Waals surface area contributed by atoms with Gasteiger partial charge in [0, 0.05) is 5.69 Å². The van der Waals surface area contributed by atoms with Crippen LogP contribution >= 0.6 is 11.3 Å². The largest absolute Gasteiger partial charge is 0.321 e. The molecule has 1 N–H and O–H groups in total. The number of amides is 1. The summed E-state index contributed by atoms with van der Waals surface area (Å²) in [6.07, 6.45) is 0. The van der Waals surface area contributed by atoms with Gasteiger partial charge in [0.2, 0.25) is 9.84 Å². The number of benzene rings is 2. The van der Waals surface area contributed by atoms with E-state index in [1.165, 1.54) is 6.07 Å². The van der Waals surface area contributed by atoms with Crippen LogP contribution in [0.4, 0.5) is 5.69 Å². The van der Waals surface area contributed by atoms with Gasteiger partial charge in [-0.1, -0.05) is 35.4 Å². The highest BCUT2D eigenvalue weighted by Gasteiger charge is 2.21. The molecule has 0 fully saturated rings. The molecule has 0 atom stereocenters. The maximum Gasteiger partial charge on any atom is 0.265 e. The standard InChI is InChI=1S/C20H19NO3S2/c1-13-4-7-16(8-5-13)26(23,24)19-11-10-18(25-19)20(22)21-17-9-6-14(2)12-15(17)3/h4-12H,1-3H3,(H,21,22). The molecule has 3 rings (SSSR count). The second-order valence-corrected chi connectivity index (χ2v) is 9.47. The van der Waals surface area contributed by atoms with Crippen molar-refractivity contribution in [1.29, 1.82) is 0 Å². The summed E-state index contributed by atoms with van der Waals surface area (Å²) >= 11 is 0.975. The van der Waals surface area contributed by atoms with Crippen molar-refractivity contribution in [1.82, 2.24) is 0 Å². The Labute approximate surface area is 157 Å². The van der Waals surface area contributed by atoms with Crippen molar-refractivity contribution in [3.05, 3.63) is 76.2 Å². The smallest absolute Gasteiger partial charge is 0.265 e. The zero-order valence-electron chi connectivity index (χ0n) is 14.7. The van der Waals surface area contributed by atoms with Crippen molar-refractivity contribution < 1.29 is 13.2 Å². The summed E-state index contributed by atoms with van der Waals surface area (Å²) in [6, 6.07) is 15.5. The molecule has 0 saturated heterocycles. The van der Waals surface area contributed by atoms with Gasteiger partial charge in [0.25, 0.3) is 5.91 Å². The fourth-order valence-electron chi connectivity index (χ4n) is 2.56. The quantitative estimate of drug-likeness (QED) is 0.704. The molecule has 0 saturated carbocycles. The second-order valence-electron chi connectivity index (χ2n) is 6.21. The van der Waals surface area contributed by atoms with Crippen LogP contribution in [0.25, 0.3) is 0 Å². The van der Waals surface area contributed by atoms with Crippen LogP contribution < -0.4 is 5.32 Å². The molecule has 1 amide bonds. The van der Waals surface area contributed by atoms with E-state index in [2.05, 4.69) is 5.32 Å². The highest BCUT2D eigenvalue weighted by molar-refractivity contribution is 7.93. The molecule has 2 aromatic carbocycles. The summed E-state index contributed by atoms with van der Waals surface area (Å²) in [5.74, 6) is -0.313. The average Bonchev–Trinajstić information content (AvgIpc) is 3.09. The zero-order chi connectivity index (χ0) is 18.9. The molecule has 6 heteroatoms. The molecule has 0 radical (unpaired) electrons. The molecule has 0 aliphatic rings. The average molecular weight is 386 g/mol. The van der Waals surface area contributed by atoms with Crippen molar-refractivity contribution >= 4 is 32.8 Å². The Morgan fingerprint density at radius 2 is 1.54 bits per heavy atom. The minimum Gasteiger partial charge on any atom is -0.321 e. The lowest BCUT2D eigenvalue weighted by molar-refractivity contribution is 0.103. The Bertz CT molecular complexity index is 1060. The van der Waals surface area contributed by atoms with E-state index in [0.717, 1.165) is 33.7 Å². The molecular formula is C20H19NO3S2. The van der Waals surface area contributed by atoms with E-state index in [-0.39, 0.29) is 15.0 Å². The molecule has 26 heavy (non-hydrogen) atoms. The van der Waals surface area contributed by atoms with Gasteiger partial charge in [0.05, 0.1) is 9.77 Å². The Morgan fingerprint density at radius 3 is 2.19 bits per heavy atom. The number of carbonyl (C=O) groups excluding carboxylic acids is 1. The number of sulfone groups is 1. The monoisotopic (exact) mass is 385 g/mol. The maximum absolute atomic E-state index is 12.7. The number of hydrogen-bond donors (Lipinski definition) is 1. The van der Waals surface area contributed by atoms with Gasteiger partial charge >= 0.3 is 0 Å². The number of hydrogen-bond acceptors (Lipinski definition) is 4. The molecule has 0 aliphatic carbocycles. The molecule has 1 heterocycles. The first-order chi connectivity index (χ1) is 12.3. The Hall–Kier alpha value is -2.44. The van der Waals surface area contributed by atoms with Crippen LogP contribution in [-0.4, -0.2) is 14.3 Å². The molecule has 0 bridgehead atoms. The normalized spacial score (nSPS) is 11.3. The lowest BCUT2D eigenvalue weighted by Gasteiger charge is -2.08. The summed E-state index contributed by atoms with van der Waals surface area (Å²) in [6.45, 7) is 5.81. The predicted octanol–water partition coefficient (Wildman–Crippen LogP) is 4.76. The van der Waals surface area contributed by atoms with Crippen LogP contribution in [0.15, 0.2) is 63.7 Å². The number of anilines is 1. The van der Waals surface area contributed by atoms with E-state index in [0.29, 0.717) is 4.88 Å². The van der Waals surface area contributed by atoms with Gasteiger partial charge < -0.3 is 5.32 Å². The molecule has 0 spiro atoms. The summed E-state index contributed by atoms with van der Waals surface area (Å²) in [5, 5.41) is 2.84. The Kier molecular flexibility index (Phi) is 4.98. The number of rotatable bonds is 4. The third-order valence-corrected chi connectivity index (χ3v) is 7.38. The number of carbonyl (C=O) groups is 1. The Morgan fingerprint density at radius 1 is 0.885 bits per heavy atom. The minimum atomic E-state index is -3.62. The maximum atomic E-state index is 12.7. The number of aryl methyl sites for hydroxylation is 3. The van der Waals surface area contributed by atoms with Gasteiger partial charge in [-0.25, -0.2) is 8.42 Å². The fourth-order valence-corrected chi connectivity index (χ4v) is 5.16. The molecule has 3 aromatic rings. The highest BCUT2D eigenvalue weighted by atomic mass is 32.2. The molecule has 0 aliphatic heterocycles. The highest BCUT2D eigenvalue weighted by Crippen LogP contribution is 2.29. The van der Waals surface area contributed by atoms with Crippen LogP contribution in [0.5, 0.6) is 0 Å². The first-order valence-corrected chi connectivity index (χ1v) is 10.4. The van der Waals surface area contributed by atoms with E-state index in [4.69, 9.17) is 0 Å². The molecule has 1 aromatic heterocycles. The SMILES string of the molecule is Cc1ccc(S(=O)(=O)c2ccc(C(=O)Nc3ccc(C)cc3C)s2)cc1. The van der Waals surface area contributed by atoms with Gasteiger partial charge in [0.15, 0.2) is 0 Å². The van der Waals surface area contributed by atoms with E-state index >= 15 is 0 Å². The van der Waals surface area contributed by atoms with Crippen LogP contribution in [0.1, 0.15) is 26.4 Å². The molecular weight excluding hydrogens is 366 g/mol. The lowest BCUT2D eigenvalue weighted by Crippen LogP contribution is -2.11. The van der Waals surface area contributed by atoms with E-state index in [9.17, 15) is 13.2 Å². The number of thiophene rings is 1. The summed E-state index contributed by atoms with van der Waals surface area (Å²) in [5.41, 5.74) is 3.78. The van der Waals surface area contributed by atoms with Crippen molar-refractivity contribution in [2.24, 2.45) is 0 Å². The van der Waals surface area contributed by atoms with Crippen LogP contribution in [0, 0.1) is 20.8 Å². The van der Waals surface area contributed by atoms with Crippen LogP contribution in [0.3, 0.4) is 0 Å². The van der Waals surface area contributed by atoms with Gasteiger partial charge in [-0.3, -0.25) is 4.79 Å². The lowest BCUT2D eigenvalue weighted by atomic mass is 10.1. The Balaban J connectivity index is 1.85. The van der Waals surface area contributed by atoms with Crippen molar-refractivity contribution in [3.63, 3.8) is 0 Å². The summed E-state index contributed by atoms with van der Waals surface area (Å²) in [7, 11) is -3.62. The zero-order valence-corrected chi connectivity index (χ0v) is 16.4. The summed E-state index contributed by atoms with van der Waals surface area (Å²) in [4.78, 5) is 13.1. The third kappa shape index (κ3) is 3.71. The van der Waals surface area contributed by atoms with Gasteiger partial charge in [-0.05, 0) is 56.7 Å². The van der Waals surface area contributed by atoms with Crippen molar-refractivity contribution in [2.45, 2.75) is 29.9 Å². The van der Waals surface area contributed by atoms with Crippen molar-refractivity contribution in [3.8, 4) is 0 Å². The predicted molar refractivity (Wildman–Crippen MR) is 105 cm³/mol. The summed E-state index contributed by atoms with van der Waals surface area (Å²) < 4.78 is 25.6. The topological polar surface area (TPSA) is 63.2 Å². The van der Waals surface area contributed by atoms with Gasteiger partial charge in [-0.2, -0.15) is 0 Å². The molecule has 4 nitrogen and oxygen atoms in total. The number of nitrogens with one attached hydrogen (secondary N) is 1. The van der Waals surface area contributed by atoms with Crippen molar-refractivity contribution in [2.75, 3.05) is 5.32 Å². The third-order valence-electron chi connectivity index (χ3n) is 4.03. The van der Waals surface area contributed by atoms with E-state index < -0.39 is 9.84 Å². The van der Waals surface area contributed by atoms with Crippen LogP contribution in [0.2, 0.25) is 0 Å². The van der Waals surface area contributed by atoms with Gasteiger partial charge in [0.1, 0.15) is 4.21 Å². The molecule has 0 unspecified atom stereocenters. The fraction of sp³-hybridized carbons (Fsp3) is 0.150. The van der Waals surface area contributed by atoms with Gasteiger partial charge in [-0.15, -0.1) is 11.3 Å².